The van der Waals surface area contributed by atoms with Crippen LogP contribution < -0.4 is 0 Å². The number of ether oxygens (including phenoxy) is 1. The van der Waals surface area contributed by atoms with E-state index in [2.05, 4.69) is 4.98 Å². The van der Waals surface area contributed by atoms with E-state index in [0.29, 0.717) is 12.2 Å². The third-order valence-electron chi connectivity index (χ3n) is 2.22. The molecule has 3 heteroatoms. The van der Waals surface area contributed by atoms with Gasteiger partial charge in [0.05, 0.1) is 18.9 Å². The summed E-state index contributed by atoms with van der Waals surface area (Å²) in [6, 6.07) is 1.92. The van der Waals surface area contributed by atoms with Gasteiger partial charge in [-0.05, 0) is 25.0 Å². The Kier molecular flexibility index (Phi) is 2.10. The molecule has 1 aromatic rings. The summed E-state index contributed by atoms with van der Waals surface area (Å²) >= 11 is 0. The van der Waals surface area contributed by atoms with E-state index >= 15 is 0 Å². The Bertz CT molecular complexity index is 347. The maximum atomic E-state index is 11.1. The maximum absolute atomic E-state index is 11.1. The van der Waals surface area contributed by atoms with Crippen LogP contribution in [0.1, 0.15) is 28.5 Å². The van der Waals surface area contributed by atoms with Crippen LogP contribution >= 0.6 is 0 Å². The van der Waals surface area contributed by atoms with Gasteiger partial charge >= 0.3 is 0 Å². The Balaban J connectivity index is 2.40. The Hall–Kier alpha value is -1.22. The number of carbonyl (C=O) groups excluding carboxylic acids is 1. The number of carbonyl (C=O) groups is 1. The first kappa shape index (κ1) is 8.38. The second-order valence-corrected chi connectivity index (χ2v) is 3.19. The number of hydrogen-bond acceptors (Lipinski definition) is 3. The van der Waals surface area contributed by atoms with Gasteiger partial charge in [-0.2, -0.15) is 0 Å². The molecule has 1 aliphatic rings. The number of rotatable bonds is 1. The van der Waals surface area contributed by atoms with Gasteiger partial charge in [0.1, 0.15) is 0 Å². The molecule has 68 valence electrons. The summed E-state index contributed by atoms with van der Waals surface area (Å²) in [5, 5.41) is 0. The lowest BCUT2D eigenvalue weighted by atomic mass is 10.1. The zero-order valence-corrected chi connectivity index (χ0v) is 7.54. The highest BCUT2D eigenvalue weighted by Gasteiger charge is 2.12. The van der Waals surface area contributed by atoms with Crippen LogP contribution in [-0.2, 0) is 17.8 Å². The smallest absolute Gasteiger partial charge is 0.161 e. The van der Waals surface area contributed by atoms with Crippen LogP contribution in [0.5, 0.6) is 0 Å². The first-order chi connectivity index (χ1) is 6.27. The van der Waals surface area contributed by atoms with Crippen molar-refractivity contribution < 1.29 is 9.53 Å². The predicted octanol–water partition coefficient (Wildman–Crippen LogP) is 1.36. The summed E-state index contributed by atoms with van der Waals surface area (Å²) in [6.07, 6.45) is 2.49. The summed E-state index contributed by atoms with van der Waals surface area (Å²) in [7, 11) is 0. The minimum Gasteiger partial charge on any atom is -0.375 e. The zero-order valence-electron chi connectivity index (χ0n) is 7.54. The first-order valence-electron chi connectivity index (χ1n) is 4.34. The van der Waals surface area contributed by atoms with Gasteiger partial charge in [-0.15, -0.1) is 0 Å². The third-order valence-corrected chi connectivity index (χ3v) is 2.22. The molecule has 0 unspecified atom stereocenters. The summed E-state index contributed by atoms with van der Waals surface area (Å²) < 4.78 is 5.25. The molecular formula is C10H11NO2. The van der Waals surface area contributed by atoms with Crippen molar-refractivity contribution in [2.45, 2.75) is 20.0 Å². The van der Waals surface area contributed by atoms with Gasteiger partial charge in [0.15, 0.2) is 5.78 Å². The number of pyridine rings is 1. The normalized spacial score (nSPS) is 15.2. The molecule has 0 amide bonds. The van der Waals surface area contributed by atoms with Crippen molar-refractivity contribution >= 4 is 5.78 Å². The molecule has 0 radical (unpaired) electrons. The summed E-state index contributed by atoms with van der Waals surface area (Å²) in [5.74, 6) is 0.0711. The van der Waals surface area contributed by atoms with E-state index in [4.69, 9.17) is 4.74 Å². The van der Waals surface area contributed by atoms with E-state index in [-0.39, 0.29) is 5.78 Å². The molecule has 0 N–H and O–H groups in total. The molecule has 0 aromatic carbocycles. The number of hydrogen-bond donors (Lipinski definition) is 0. The van der Waals surface area contributed by atoms with Gasteiger partial charge in [-0.3, -0.25) is 9.78 Å². The van der Waals surface area contributed by atoms with Gasteiger partial charge in [-0.25, -0.2) is 0 Å². The summed E-state index contributed by atoms with van der Waals surface area (Å²) in [5.41, 5.74) is 2.82. The van der Waals surface area contributed by atoms with Crippen molar-refractivity contribution in [3.63, 3.8) is 0 Å². The SMILES string of the molecule is CC(=O)c1cnc2c(c1)CCOC2. The molecule has 0 atom stereocenters. The fourth-order valence-electron chi connectivity index (χ4n) is 1.43. The van der Waals surface area contributed by atoms with E-state index < -0.39 is 0 Å². The molecule has 0 spiro atoms. The monoisotopic (exact) mass is 177 g/mol. The topological polar surface area (TPSA) is 39.2 Å². The molecule has 0 saturated heterocycles. The maximum Gasteiger partial charge on any atom is 0.161 e. The lowest BCUT2D eigenvalue weighted by molar-refractivity contribution is 0.101. The standard InChI is InChI=1S/C10H11NO2/c1-7(12)9-4-8-2-3-13-6-10(8)11-5-9/h4-5H,2-3,6H2,1H3. The molecule has 1 aliphatic heterocycles. The minimum absolute atomic E-state index is 0.0711. The highest BCUT2D eigenvalue weighted by Crippen LogP contribution is 2.15. The molecule has 0 saturated carbocycles. The molecule has 0 fully saturated rings. The molecule has 1 aromatic heterocycles. The number of nitrogens with zero attached hydrogens (tertiary/aromatic N) is 1. The number of Topliss-reactive ketones (excluding diaryl/α,β-unsaturated/α-hetero) is 1. The van der Waals surface area contributed by atoms with Crippen molar-refractivity contribution in [1.29, 1.82) is 0 Å². The van der Waals surface area contributed by atoms with Gasteiger partial charge in [0, 0.05) is 11.8 Å². The molecule has 0 bridgehead atoms. The van der Waals surface area contributed by atoms with Crippen LogP contribution in [0.3, 0.4) is 0 Å². The van der Waals surface area contributed by atoms with Gasteiger partial charge in [0.2, 0.25) is 0 Å². The van der Waals surface area contributed by atoms with Crippen LogP contribution in [0.2, 0.25) is 0 Å². The van der Waals surface area contributed by atoms with Crippen molar-refractivity contribution in [3.8, 4) is 0 Å². The lowest BCUT2D eigenvalue weighted by Crippen LogP contribution is -2.12. The molecular weight excluding hydrogens is 166 g/mol. The number of ketones is 1. The van der Waals surface area contributed by atoms with Crippen molar-refractivity contribution in [2.75, 3.05) is 6.61 Å². The van der Waals surface area contributed by atoms with Crippen molar-refractivity contribution in [2.24, 2.45) is 0 Å². The summed E-state index contributed by atoms with van der Waals surface area (Å²) in [6.45, 7) is 2.87. The van der Waals surface area contributed by atoms with E-state index in [0.717, 1.165) is 24.3 Å². The lowest BCUT2D eigenvalue weighted by Gasteiger charge is -2.15. The zero-order chi connectivity index (χ0) is 9.26. The fraction of sp³-hybridized carbons (Fsp3) is 0.400. The quantitative estimate of drug-likeness (QED) is 0.608. The van der Waals surface area contributed by atoms with Crippen LogP contribution in [0.4, 0.5) is 0 Å². The average Bonchev–Trinajstić information content (AvgIpc) is 2.17. The Morgan fingerprint density at radius 3 is 3.23 bits per heavy atom. The first-order valence-corrected chi connectivity index (χ1v) is 4.34. The average molecular weight is 177 g/mol. The van der Waals surface area contributed by atoms with Gasteiger partial charge in [-0.1, -0.05) is 0 Å². The largest absolute Gasteiger partial charge is 0.375 e. The molecule has 2 rings (SSSR count). The van der Waals surface area contributed by atoms with Gasteiger partial charge in [0.25, 0.3) is 0 Å². The molecule has 0 aliphatic carbocycles. The molecule has 13 heavy (non-hydrogen) atoms. The van der Waals surface area contributed by atoms with Gasteiger partial charge < -0.3 is 4.74 Å². The van der Waals surface area contributed by atoms with E-state index in [9.17, 15) is 4.79 Å². The Morgan fingerprint density at radius 2 is 2.46 bits per heavy atom. The van der Waals surface area contributed by atoms with Crippen LogP contribution in [-0.4, -0.2) is 17.4 Å². The third kappa shape index (κ3) is 1.60. The van der Waals surface area contributed by atoms with E-state index in [1.807, 2.05) is 6.07 Å². The van der Waals surface area contributed by atoms with Crippen molar-refractivity contribution in [3.05, 3.63) is 29.1 Å². The molecule has 2 heterocycles. The second kappa shape index (κ2) is 3.26. The van der Waals surface area contributed by atoms with Crippen LogP contribution in [0, 0.1) is 0 Å². The predicted molar refractivity (Wildman–Crippen MR) is 47.6 cm³/mol. The van der Waals surface area contributed by atoms with E-state index in [1.54, 1.807) is 13.1 Å². The van der Waals surface area contributed by atoms with Crippen LogP contribution in [0.25, 0.3) is 0 Å². The molecule has 3 nitrogen and oxygen atoms in total. The highest BCUT2D eigenvalue weighted by molar-refractivity contribution is 5.93. The number of aromatic nitrogens is 1. The second-order valence-electron chi connectivity index (χ2n) is 3.19. The highest BCUT2D eigenvalue weighted by atomic mass is 16.5. The minimum atomic E-state index is 0.0711. The van der Waals surface area contributed by atoms with E-state index in [1.165, 1.54) is 0 Å². The Labute approximate surface area is 76.7 Å². The fourth-order valence-corrected chi connectivity index (χ4v) is 1.43. The summed E-state index contributed by atoms with van der Waals surface area (Å²) in [4.78, 5) is 15.3. The Morgan fingerprint density at radius 1 is 1.62 bits per heavy atom. The van der Waals surface area contributed by atoms with Crippen LogP contribution in [0.15, 0.2) is 12.3 Å². The van der Waals surface area contributed by atoms with Crippen molar-refractivity contribution in [1.82, 2.24) is 4.98 Å². The number of fused-ring (bicyclic) bond motifs is 1.